The molecule has 218 valence electrons. The van der Waals surface area contributed by atoms with Crippen molar-refractivity contribution < 1.29 is 30.1 Å². The fraction of sp³-hybridized carbons (Fsp3) is 0.633. The molecule has 0 radical (unpaired) electrons. The fourth-order valence-electron chi connectivity index (χ4n) is 4.32. The van der Waals surface area contributed by atoms with Crippen LogP contribution in [0.15, 0.2) is 24.3 Å². The number of rotatable bonds is 19. The summed E-state index contributed by atoms with van der Waals surface area (Å²) < 4.78 is 11.5. The molecule has 0 fully saturated rings. The number of ether oxygens (including phenoxy) is 1. The standard InChI is InChI=1S/C30H47N3O6/c1-6-30(5,7-2)15-14-24(35)18-25(21(3)4)28(37)33-26(9-8-16-32-29(31)38)27(36)17-22-10-12-23(13-11-22)19-39-20-34/h10-13,20-21,25-26H,6-9,14-19H2,1-5H3,(H,33,37)(H3,31,32,38)/t25-,26-/m0/s1/i20D. The van der Waals surface area contributed by atoms with E-state index in [4.69, 9.17) is 7.10 Å². The highest BCUT2D eigenvalue weighted by atomic mass is 16.5. The molecular formula is C30H47N3O6. The summed E-state index contributed by atoms with van der Waals surface area (Å²) in [5, 5.41) is 5.38. The summed E-state index contributed by atoms with van der Waals surface area (Å²) in [4.78, 5) is 61.2. The normalized spacial score (nSPS) is 13.2. The zero-order chi connectivity index (χ0) is 30.3. The Hall–Kier alpha value is -3.23. The second kappa shape index (κ2) is 17.4. The highest BCUT2D eigenvalue weighted by Gasteiger charge is 2.30. The Morgan fingerprint density at radius 1 is 1.10 bits per heavy atom. The lowest BCUT2D eigenvalue weighted by atomic mass is 9.79. The number of benzene rings is 1. The Kier molecular flexibility index (Phi) is 14.3. The van der Waals surface area contributed by atoms with E-state index < -0.39 is 24.4 Å². The first-order valence-corrected chi connectivity index (χ1v) is 13.9. The zero-order valence-electron chi connectivity index (χ0n) is 25.1. The summed E-state index contributed by atoms with van der Waals surface area (Å²) in [6, 6.07) is 5.41. The van der Waals surface area contributed by atoms with Crippen molar-refractivity contribution in [3.63, 3.8) is 0 Å². The second-order valence-corrected chi connectivity index (χ2v) is 10.9. The van der Waals surface area contributed by atoms with Crippen molar-refractivity contribution in [2.75, 3.05) is 6.54 Å². The van der Waals surface area contributed by atoms with Gasteiger partial charge in [-0.2, -0.15) is 0 Å². The van der Waals surface area contributed by atoms with Gasteiger partial charge in [0.15, 0.2) is 7.15 Å². The van der Waals surface area contributed by atoms with Gasteiger partial charge in [0.2, 0.25) is 5.91 Å². The summed E-state index contributed by atoms with van der Waals surface area (Å²) in [7, 11) is 0. The molecule has 3 amide bonds. The summed E-state index contributed by atoms with van der Waals surface area (Å²) in [6.07, 6.45) is 2.97. The summed E-state index contributed by atoms with van der Waals surface area (Å²) in [5.74, 6) is -1.13. The molecule has 0 aliphatic heterocycles. The van der Waals surface area contributed by atoms with Gasteiger partial charge in [-0.25, -0.2) is 4.79 Å². The fourth-order valence-corrected chi connectivity index (χ4v) is 4.32. The van der Waals surface area contributed by atoms with Gasteiger partial charge in [0.05, 0.1) is 6.04 Å². The number of nitrogens with two attached hydrogens (primary N) is 1. The number of carbonyl (C=O) groups is 5. The number of Topliss-reactive ketones (excluding diaryl/α,β-unsaturated/α-hetero) is 2. The summed E-state index contributed by atoms with van der Waals surface area (Å²) in [6.45, 7) is 10.4. The molecule has 9 nitrogen and oxygen atoms in total. The van der Waals surface area contributed by atoms with Crippen LogP contribution in [0.2, 0.25) is 0 Å². The lowest BCUT2D eigenvalue weighted by Gasteiger charge is -2.27. The van der Waals surface area contributed by atoms with Gasteiger partial charge in [-0.3, -0.25) is 19.2 Å². The zero-order valence-corrected chi connectivity index (χ0v) is 24.1. The number of urea groups is 1. The van der Waals surface area contributed by atoms with E-state index in [0.717, 1.165) is 19.3 Å². The van der Waals surface area contributed by atoms with E-state index >= 15 is 0 Å². The van der Waals surface area contributed by atoms with E-state index in [2.05, 4.69) is 36.1 Å². The summed E-state index contributed by atoms with van der Waals surface area (Å²) in [5.41, 5.74) is 6.63. The van der Waals surface area contributed by atoms with E-state index in [9.17, 15) is 24.0 Å². The molecule has 0 bridgehead atoms. The van der Waals surface area contributed by atoms with Crippen molar-refractivity contribution in [1.82, 2.24) is 10.6 Å². The van der Waals surface area contributed by atoms with Crippen LogP contribution in [0.4, 0.5) is 4.79 Å². The van der Waals surface area contributed by atoms with Gasteiger partial charge < -0.3 is 21.1 Å². The molecule has 0 unspecified atom stereocenters. The minimum atomic E-state index is -1.12. The van der Waals surface area contributed by atoms with Gasteiger partial charge in [0, 0.05) is 31.7 Å². The molecule has 0 heterocycles. The number of primary amides is 1. The Labute approximate surface area is 234 Å². The van der Waals surface area contributed by atoms with Gasteiger partial charge in [0.1, 0.15) is 12.4 Å². The molecule has 0 aliphatic rings. The second-order valence-electron chi connectivity index (χ2n) is 10.9. The van der Waals surface area contributed by atoms with Crippen LogP contribution in [0, 0.1) is 17.3 Å². The molecule has 0 spiro atoms. The van der Waals surface area contributed by atoms with Crippen molar-refractivity contribution in [3.8, 4) is 0 Å². The number of hydrogen-bond donors (Lipinski definition) is 3. The topological polar surface area (TPSA) is 145 Å². The lowest BCUT2D eigenvalue weighted by Crippen LogP contribution is -2.46. The molecule has 9 heteroatoms. The van der Waals surface area contributed by atoms with Crippen LogP contribution >= 0.6 is 0 Å². The average Bonchev–Trinajstić information content (AvgIpc) is 2.91. The van der Waals surface area contributed by atoms with Gasteiger partial charge in [-0.05, 0) is 41.7 Å². The van der Waals surface area contributed by atoms with E-state index in [1.54, 1.807) is 24.3 Å². The molecule has 0 saturated heterocycles. The van der Waals surface area contributed by atoms with Gasteiger partial charge in [-0.15, -0.1) is 0 Å². The van der Waals surface area contributed by atoms with Crippen LogP contribution in [0.1, 0.15) is 92.1 Å². The number of amides is 3. The molecule has 0 aromatic heterocycles. The molecule has 4 N–H and O–H groups in total. The molecule has 1 aromatic rings. The van der Waals surface area contributed by atoms with E-state index in [1.165, 1.54) is 0 Å². The van der Waals surface area contributed by atoms with Crippen LogP contribution in [-0.4, -0.2) is 42.5 Å². The number of hydrogen-bond acceptors (Lipinski definition) is 6. The predicted octanol–water partition coefficient (Wildman–Crippen LogP) is 4.24. The highest BCUT2D eigenvalue weighted by molar-refractivity contribution is 5.92. The Bertz CT molecular complexity index is 992. The third-order valence-electron chi connectivity index (χ3n) is 7.68. The maximum atomic E-state index is 13.4. The van der Waals surface area contributed by atoms with Crippen LogP contribution in [0.25, 0.3) is 0 Å². The maximum Gasteiger partial charge on any atom is 0.312 e. The molecule has 0 aliphatic carbocycles. The van der Waals surface area contributed by atoms with Crippen molar-refractivity contribution in [3.05, 3.63) is 35.4 Å². The van der Waals surface area contributed by atoms with E-state index in [1.807, 2.05) is 13.8 Å². The molecule has 1 aromatic carbocycles. The van der Waals surface area contributed by atoms with Crippen molar-refractivity contribution in [2.45, 2.75) is 98.6 Å². The molecule has 1 rings (SSSR count). The van der Waals surface area contributed by atoms with E-state index in [0.29, 0.717) is 30.4 Å². The minimum absolute atomic E-state index is 0.0342. The number of carbonyl (C=O) groups excluding carboxylic acids is 5. The van der Waals surface area contributed by atoms with Gasteiger partial charge >= 0.3 is 6.03 Å². The number of nitrogens with one attached hydrogen (secondary N) is 2. The molecule has 2 atom stereocenters. The minimum Gasteiger partial charge on any atom is -0.463 e. The van der Waals surface area contributed by atoms with Crippen molar-refractivity contribution in [2.24, 2.45) is 23.0 Å². The van der Waals surface area contributed by atoms with Crippen molar-refractivity contribution >= 4 is 30.0 Å². The maximum absolute atomic E-state index is 13.4. The Morgan fingerprint density at radius 3 is 2.26 bits per heavy atom. The highest BCUT2D eigenvalue weighted by Crippen LogP contribution is 2.31. The summed E-state index contributed by atoms with van der Waals surface area (Å²) >= 11 is 0. The Morgan fingerprint density at radius 2 is 1.72 bits per heavy atom. The Balaban J connectivity index is 2.92. The van der Waals surface area contributed by atoms with Crippen LogP contribution < -0.4 is 16.4 Å². The third kappa shape index (κ3) is 12.9. The van der Waals surface area contributed by atoms with Crippen LogP contribution in [0.5, 0.6) is 0 Å². The monoisotopic (exact) mass is 546 g/mol. The largest absolute Gasteiger partial charge is 0.463 e. The van der Waals surface area contributed by atoms with Crippen molar-refractivity contribution in [1.29, 1.82) is 0 Å². The molecule has 39 heavy (non-hydrogen) atoms. The quantitative estimate of drug-likeness (QED) is 0.175. The predicted molar refractivity (Wildman–Crippen MR) is 151 cm³/mol. The first-order chi connectivity index (χ1) is 18.8. The van der Waals surface area contributed by atoms with Gasteiger partial charge in [0.25, 0.3) is 6.45 Å². The smallest absolute Gasteiger partial charge is 0.312 e. The average molecular weight is 547 g/mol. The first kappa shape index (κ1) is 32.0. The molecular weight excluding hydrogens is 498 g/mol. The molecule has 0 saturated carbocycles. The van der Waals surface area contributed by atoms with Gasteiger partial charge in [-0.1, -0.05) is 71.7 Å². The number of ketones is 2. The van der Waals surface area contributed by atoms with E-state index in [-0.39, 0.29) is 54.8 Å². The lowest BCUT2D eigenvalue weighted by molar-refractivity contribution is -0.133. The SMILES string of the molecule is [2H]C(=O)OCc1ccc(CC(=O)[C@H](CCCNC(N)=O)NC(=O)[C@@H](CC(=O)CCC(C)(CC)CC)C(C)C)cc1. The van der Waals surface area contributed by atoms with Crippen LogP contribution in [-0.2, 0) is 36.9 Å². The third-order valence-corrected chi connectivity index (χ3v) is 7.68. The first-order valence-electron chi connectivity index (χ1n) is 14.4. The van der Waals surface area contributed by atoms with Crippen LogP contribution in [0.3, 0.4) is 0 Å².